The summed E-state index contributed by atoms with van der Waals surface area (Å²) in [5.74, 6) is 0. The molecule has 3 fully saturated rings. The van der Waals surface area contributed by atoms with E-state index >= 15 is 0 Å². The second kappa shape index (κ2) is 5.68. The zero-order chi connectivity index (χ0) is 13.3. The maximum Gasteiger partial charge on any atom is 0.0829 e. The molecule has 4 nitrogen and oxygen atoms in total. The maximum absolute atomic E-state index is 6.10. The second-order valence-corrected chi connectivity index (χ2v) is 7.15. The molecule has 3 aliphatic rings. The minimum absolute atomic E-state index is 0.237. The van der Waals surface area contributed by atoms with Crippen molar-refractivity contribution in [2.45, 2.75) is 50.8 Å². The van der Waals surface area contributed by atoms with E-state index in [0.29, 0.717) is 6.10 Å². The van der Waals surface area contributed by atoms with Gasteiger partial charge < -0.3 is 10.1 Å². The van der Waals surface area contributed by atoms with E-state index in [-0.39, 0.29) is 5.54 Å². The molecular weight excluding hydrogens is 238 g/mol. The quantitative estimate of drug-likeness (QED) is 0.805. The van der Waals surface area contributed by atoms with Gasteiger partial charge in [0.25, 0.3) is 0 Å². The summed E-state index contributed by atoms with van der Waals surface area (Å²) < 4.78 is 6.10. The Kier molecular flexibility index (Phi) is 4.13. The normalized spacial score (nSPS) is 36.9. The van der Waals surface area contributed by atoms with E-state index < -0.39 is 0 Å². The highest BCUT2D eigenvalue weighted by Gasteiger charge is 2.34. The Morgan fingerprint density at radius 3 is 3.05 bits per heavy atom. The number of nitrogens with zero attached hydrogens (tertiary/aromatic N) is 2. The van der Waals surface area contributed by atoms with Crippen molar-refractivity contribution in [2.24, 2.45) is 0 Å². The summed E-state index contributed by atoms with van der Waals surface area (Å²) in [7, 11) is 0. The largest absolute Gasteiger partial charge is 0.374 e. The lowest BCUT2D eigenvalue weighted by Crippen LogP contribution is -2.52. The van der Waals surface area contributed by atoms with Crippen molar-refractivity contribution in [1.29, 1.82) is 0 Å². The monoisotopic (exact) mass is 267 g/mol. The van der Waals surface area contributed by atoms with Crippen LogP contribution in [-0.2, 0) is 4.74 Å². The predicted octanol–water partition coefficient (Wildman–Crippen LogP) is 0.924. The van der Waals surface area contributed by atoms with Gasteiger partial charge in [0.05, 0.1) is 12.7 Å². The van der Waals surface area contributed by atoms with Gasteiger partial charge >= 0.3 is 0 Å². The van der Waals surface area contributed by atoms with Gasteiger partial charge in [0.2, 0.25) is 0 Å². The maximum atomic E-state index is 6.10. The SMILES string of the molecule is CC1(C)CN(CC2CN3CCCC3CO2)CCCN1. The third-order valence-electron chi connectivity index (χ3n) is 4.80. The summed E-state index contributed by atoms with van der Waals surface area (Å²) in [4.78, 5) is 5.25. The smallest absolute Gasteiger partial charge is 0.0829 e. The molecule has 0 saturated carbocycles. The summed E-state index contributed by atoms with van der Waals surface area (Å²) in [5.41, 5.74) is 0.237. The summed E-state index contributed by atoms with van der Waals surface area (Å²) >= 11 is 0. The van der Waals surface area contributed by atoms with Crippen molar-refractivity contribution < 1.29 is 4.74 Å². The lowest BCUT2D eigenvalue weighted by Gasteiger charge is -2.38. The molecule has 3 aliphatic heterocycles. The summed E-state index contributed by atoms with van der Waals surface area (Å²) in [5, 5.41) is 3.63. The molecule has 19 heavy (non-hydrogen) atoms. The van der Waals surface area contributed by atoms with Crippen LogP contribution < -0.4 is 5.32 Å². The van der Waals surface area contributed by atoms with E-state index in [4.69, 9.17) is 4.74 Å². The molecular formula is C15H29N3O. The van der Waals surface area contributed by atoms with E-state index in [9.17, 15) is 0 Å². The molecule has 2 unspecified atom stereocenters. The van der Waals surface area contributed by atoms with Gasteiger partial charge in [0.15, 0.2) is 0 Å². The fraction of sp³-hybridized carbons (Fsp3) is 1.00. The number of hydrogen-bond acceptors (Lipinski definition) is 4. The van der Waals surface area contributed by atoms with E-state index in [1.807, 2.05) is 0 Å². The van der Waals surface area contributed by atoms with E-state index in [1.54, 1.807) is 0 Å². The van der Waals surface area contributed by atoms with Crippen LogP contribution in [0.1, 0.15) is 33.1 Å². The summed E-state index contributed by atoms with van der Waals surface area (Å²) in [6.07, 6.45) is 4.38. The average Bonchev–Trinajstić information content (AvgIpc) is 2.74. The second-order valence-electron chi connectivity index (χ2n) is 7.15. The molecule has 2 atom stereocenters. The Bertz CT molecular complexity index is 308. The Hall–Kier alpha value is -0.160. The van der Waals surface area contributed by atoms with Crippen molar-refractivity contribution in [3.8, 4) is 0 Å². The predicted molar refractivity (Wildman–Crippen MR) is 77.5 cm³/mol. The van der Waals surface area contributed by atoms with Gasteiger partial charge in [-0.05, 0) is 52.7 Å². The first-order valence-corrected chi connectivity index (χ1v) is 7.95. The van der Waals surface area contributed by atoms with Gasteiger partial charge in [0.1, 0.15) is 0 Å². The Morgan fingerprint density at radius 2 is 2.16 bits per heavy atom. The molecule has 3 rings (SSSR count). The summed E-state index contributed by atoms with van der Waals surface area (Å²) in [6.45, 7) is 12.6. The van der Waals surface area contributed by atoms with Crippen LogP contribution in [0.2, 0.25) is 0 Å². The number of ether oxygens (including phenoxy) is 1. The molecule has 1 N–H and O–H groups in total. The lowest BCUT2D eigenvalue weighted by atomic mass is 10.1. The van der Waals surface area contributed by atoms with Gasteiger partial charge in [-0.2, -0.15) is 0 Å². The molecule has 0 aliphatic carbocycles. The molecule has 4 heteroatoms. The fourth-order valence-electron chi connectivity index (χ4n) is 3.86. The molecule has 0 spiro atoms. The molecule has 0 aromatic rings. The van der Waals surface area contributed by atoms with E-state index in [1.165, 1.54) is 32.4 Å². The number of morpholine rings is 1. The zero-order valence-corrected chi connectivity index (χ0v) is 12.5. The van der Waals surface area contributed by atoms with Gasteiger partial charge in [-0.3, -0.25) is 9.80 Å². The topological polar surface area (TPSA) is 27.7 Å². The highest BCUT2D eigenvalue weighted by Crippen LogP contribution is 2.23. The number of hydrogen-bond donors (Lipinski definition) is 1. The van der Waals surface area contributed by atoms with Crippen LogP contribution in [0.25, 0.3) is 0 Å². The Balaban J connectivity index is 1.52. The minimum atomic E-state index is 0.237. The molecule has 110 valence electrons. The van der Waals surface area contributed by atoms with Crippen molar-refractivity contribution >= 4 is 0 Å². The van der Waals surface area contributed by atoms with Crippen molar-refractivity contribution in [3.05, 3.63) is 0 Å². The molecule has 0 amide bonds. The van der Waals surface area contributed by atoms with E-state index in [2.05, 4.69) is 29.0 Å². The van der Waals surface area contributed by atoms with E-state index in [0.717, 1.165) is 38.8 Å². The summed E-state index contributed by atoms with van der Waals surface area (Å²) in [6, 6.07) is 0.721. The first-order valence-electron chi connectivity index (χ1n) is 7.95. The van der Waals surface area contributed by atoms with Crippen LogP contribution >= 0.6 is 0 Å². The van der Waals surface area contributed by atoms with Crippen LogP contribution in [0.3, 0.4) is 0 Å². The van der Waals surface area contributed by atoms with Crippen LogP contribution in [0.4, 0.5) is 0 Å². The number of nitrogens with one attached hydrogen (secondary N) is 1. The van der Waals surface area contributed by atoms with Gasteiger partial charge in [0, 0.05) is 31.2 Å². The molecule has 3 heterocycles. The molecule has 0 aromatic carbocycles. The molecule has 0 aromatic heterocycles. The van der Waals surface area contributed by atoms with Crippen molar-refractivity contribution in [2.75, 3.05) is 45.9 Å². The van der Waals surface area contributed by atoms with Crippen molar-refractivity contribution in [3.63, 3.8) is 0 Å². The first-order chi connectivity index (χ1) is 9.12. The zero-order valence-electron chi connectivity index (χ0n) is 12.5. The third-order valence-corrected chi connectivity index (χ3v) is 4.80. The van der Waals surface area contributed by atoms with Gasteiger partial charge in [-0.1, -0.05) is 0 Å². The number of rotatable bonds is 2. The molecule has 3 saturated heterocycles. The lowest BCUT2D eigenvalue weighted by molar-refractivity contribution is -0.0619. The average molecular weight is 267 g/mol. The van der Waals surface area contributed by atoms with Crippen molar-refractivity contribution in [1.82, 2.24) is 15.1 Å². The van der Waals surface area contributed by atoms with Gasteiger partial charge in [-0.15, -0.1) is 0 Å². The fourth-order valence-corrected chi connectivity index (χ4v) is 3.86. The van der Waals surface area contributed by atoms with Crippen LogP contribution in [0.5, 0.6) is 0 Å². The highest BCUT2D eigenvalue weighted by molar-refractivity contribution is 4.89. The highest BCUT2D eigenvalue weighted by atomic mass is 16.5. The van der Waals surface area contributed by atoms with Crippen LogP contribution in [0, 0.1) is 0 Å². The Morgan fingerprint density at radius 1 is 1.26 bits per heavy atom. The third kappa shape index (κ3) is 3.48. The number of fused-ring (bicyclic) bond motifs is 1. The molecule has 0 bridgehead atoms. The minimum Gasteiger partial charge on any atom is -0.374 e. The molecule has 0 radical (unpaired) electrons. The van der Waals surface area contributed by atoms with Crippen LogP contribution in [-0.4, -0.2) is 73.4 Å². The Labute approximate surface area is 117 Å². The van der Waals surface area contributed by atoms with Gasteiger partial charge in [-0.25, -0.2) is 0 Å². The standard InChI is InChI=1S/C15H29N3O/c1-15(2)12-17(7-4-6-16-15)9-14-10-18-8-3-5-13(18)11-19-14/h13-14,16H,3-12H2,1-2H3. The first kappa shape index (κ1) is 13.8. The van der Waals surface area contributed by atoms with Crippen LogP contribution in [0.15, 0.2) is 0 Å².